The van der Waals surface area contributed by atoms with E-state index >= 15 is 4.39 Å². The third-order valence-electron chi connectivity index (χ3n) is 7.61. The van der Waals surface area contributed by atoms with E-state index in [2.05, 4.69) is 10.0 Å². The molecule has 2 aromatic carbocycles. The number of nitrogens with zero attached hydrogens (tertiary/aromatic N) is 2. The number of nitrogens with one attached hydrogen (secondary N) is 2. The first-order chi connectivity index (χ1) is 18.4. The summed E-state index contributed by atoms with van der Waals surface area (Å²) in [4.78, 5) is 17.5. The molecule has 2 aliphatic rings. The first-order valence-corrected chi connectivity index (χ1v) is 15.4. The van der Waals surface area contributed by atoms with Crippen molar-refractivity contribution in [1.29, 1.82) is 0 Å². The summed E-state index contributed by atoms with van der Waals surface area (Å²) in [5, 5.41) is 4.50. The van der Waals surface area contributed by atoms with Gasteiger partial charge in [0, 0.05) is 61.3 Å². The van der Waals surface area contributed by atoms with Crippen LogP contribution in [0, 0.1) is 17.7 Å². The monoisotopic (exact) mass is 596 g/mol. The molecule has 2 aromatic rings. The number of anilines is 1. The molecule has 0 radical (unpaired) electrons. The second kappa shape index (κ2) is 12.4. The number of piperazine rings is 1. The Morgan fingerprint density at radius 1 is 1.10 bits per heavy atom. The van der Waals surface area contributed by atoms with Gasteiger partial charge in [-0.05, 0) is 56.0 Å². The molecular formula is C29H39Cl2FN4O2S. The average molecular weight is 598 g/mol. The SMILES string of the molecule is CC(C)[C@H](NS(=O)C(C)(C)C)c1cccc(F)c1N1CCN(C(=O)C2CNCC2c2ccc(Cl)cc2Cl)CC1. The van der Waals surface area contributed by atoms with Crippen LogP contribution in [0.2, 0.25) is 10.0 Å². The first kappa shape index (κ1) is 30.3. The number of benzene rings is 2. The van der Waals surface area contributed by atoms with Crippen molar-refractivity contribution < 1.29 is 13.4 Å². The first-order valence-electron chi connectivity index (χ1n) is 13.5. The molecule has 0 saturated carbocycles. The Morgan fingerprint density at radius 2 is 1.79 bits per heavy atom. The van der Waals surface area contributed by atoms with Gasteiger partial charge in [0.05, 0.1) is 27.3 Å². The van der Waals surface area contributed by atoms with Gasteiger partial charge in [0.15, 0.2) is 0 Å². The summed E-state index contributed by atoms with van der Waals surface area (Å²) in [6.07, 6.45) is 0. The largest absolute Gasteiger partial charge is 0.365 e. The molecule has 3 unspecified atom stereocenters. The highest BCUT2D eigenvalue weighted by atomic mass is 35.5. The lowest BCUT2D eigenvalue weighted by Crippen LogP contribution is -2.51. The van der Waals surface area contributed by atoms with Crippen LogP contribution in [0.4, 0.5) is 10.1 Å². The minimum atomic E-state index is -1.31. The van der Waals surface area contributed by atoms with Gasteiger partial charge >= 0.3 is 0 Å². The van der Waals surface area contributed by atoms with E-state index < -0.39 is 15.7 Å². The molecule has 10 heteroatoms. The molecular weight excluding hydrogens is 558 g/mol. The molecule has 2 saturated heterocycles. The van der Waals surface area contributed by atoms with Gasteiger partial charge in [-0.25, -0.2) is 13.3 Å². The molecule has 0 bridgehead atoms. The highest BCUT2D eigenvalue weighted by Crippen LogP contribution is 2.37. The van der Waals surface area contributed by atoms with Crippen LogP contribution >= 0.6 is 23.2 Å². The maximum atomic E-state index is 15.4. The molecule has 4 rings (SSSR count). The van der Waals surface area contributed by atoms with E-state index in [1.54, 1.807) is 12.1 Å². The topological polar surface area (TPSA) is 64.7 Å². The fourth-order valence-corrected chi connectivity index (χ4v) is 6.95. The Bertz CT molecular complexity index is 1210. The Hall–Kier alpha value is -1.71. The van der Waals surface area contributed by atoms with Gasteiger partial charge in [-0.1, -0.05) is 55.2 Å². The number of hydrogen-bond donors (Lipinski definition) is 2. The summed E-state index contributed by atoms with van der Waals surface area (Å²) in [6, 6.07) is 10.2. The normalized spacial score (nSPS) is 21.9. The van der Waals surface area contributed by atoms with Crippen molar-refractivity contribution in [3.8, 4) is 0 Å². The van der Waals surface area contributed by atoms with Crippen LogP contribution in [0.3, 0.4) is 0 Å². The molecule has 0 aromatic heterocycles. The molecule has 6 nitrogen and oxygen atoms in total. The fraction of sp³-hybridized carbons (Fsp3) is 0.552. The van der Waals surface area contributed by atoms with Gasteiger partial charge < -0.3 is 15.1 Å². The van der Waals surface area contributed by atoms with E-state index in [9.17, 15) is 9.00 Å². The second-order valence-corrected chi connectivity index (χ2v) is 14.6. The molecule has 2 fully saturated rings. The Kier molecular flexibility index (Phi) is 9.65. The van der Waals surface area contributed by atoms with Crippen LogP contribution in [0.5, 0.6) is 0 Å². The third kappa shape index (κ3) is 6.79. The van der Waals surface area contributed by atoms with Crippen molar-refractivity contribution in [3.63, 3.8) is 0 Å². The summed E-state index contributed by atoms with van der Waals surface area (Å²) in [5.74, 6) is -0.377. The van der Waals surface area contributed by atoms with Crippen LogP contribution in [-0.4, -0.2) is 59.0 Å². The molecule has 1 amide bonds. The molecule has 4 atom stereocenters. The van der Waals surface area contributed by atoms with Crippen molar-refractivity contribution >= 4 is 45.8 Å². The maximum absolute atomic E-state index is 15.4. The third-order valence-corrected chi connectivity index (χ3v) is 9.75. The standard InChI is InChI=1S/C29H39Cl2FN4O2S/c1-18(2)26(34-39(38)29(3,4)5)21-7-6-8-25(32)27(21)35-11-13-36(14-12-35)28(37)23-17-33-16-22(23)20-10-9-19(30)15-24(20)31/h6-10,15,18,22-23,26,33-34H,11-14,16-17H2,1-5H3/t22?,23?,26-,39?/m0/s1. The van der Waals surface area contributed by atoms with E-state index in [1.807, 2.05) is 62.6 Å². The highest BCUT2D eigenvalue weighted by Gasteiger charge is 2.39. The van der Waals surface area contributed by atoms with Crippen LogP contribution < -0.4 is 14.9 Å². The van der Waals surface area contributed by atoms with Crippen molar-refractivity contribution in [2.24, 2.45) is 11.8 Å². The van der Waals surface area contributed by atoms with Gasteiger partial charge in [0.1, 0.15) is 5.82 Å². The minimum absolute atomic E-state index is 0.0278. The Balaban J connectivity index is 1.50. The van der Waals surface area contributed by atoms with Gasteiger partial charge in [-0.2, -0.15) is 0 Å². The van der Waals surface area contributed by atoms with Crippen molar-refractivity contribution in [3.05, 3.63) is 63.4 Å². The van der Waals surface area contributed by atoms with Gasteiger partial charge in [-0.15, -0.1) is 0 Å². The maximum Gasteiger partial charge on any atom is 0.227 e. The van der Waals surface area contributed by atoms with E-state index in [0.717, 1.165) is 11.1 Å². The molecule has 0 spiro atoms. The lowest BCUT2D eigenvalue weighted by molar-refractivity contribution is -0.135. The van der Waals surface area contributed by atoms with Crippen molar-refractivity contribution in [2.45, 2.75) is 51.3 Å². The van der Waals surface area contributed by atoms with Crippen LogP contribution in [0.25, 0.3) is 0 Å². The van der Waals surface area contributed by atoms with Crippen molar-refractivity contribution in [2.75, 3.05) is 44.2 Å². The summed E-state index contributed by atoms with van der Waals surface area (Å²) in [6.45, 7) is 13.1. The predicted molar refractivity (Wildman–Crippen MR) is 159 cm³/mol. The lowest BCUT2D eigenvalue weighted by Gasteiger charge is -2.39. The summed E-state index contributed by atoms with van der Waals surface area (Å²) in [5.41, 5.74) is 2.24. The second-order valence-electron chi connectivity index (χ2n) is 11.7. The van der Waals surface area contributed by atoms with Crippen LogP contribution in [-0.2, 0) is 15.8 Å². The molecule has 214 valence electrons. The van der Waals surface area contributed by atoms with Gasteiger partial charge in [0.2, 0.25) is 5.91 Å². The number of para-hydroxylation sites is 1. The summed E-state index contributed by atoms with van der Waals surface area (Å²) >= 11 is 12.6. The number of amides is 1. The number of carbonyl (C=O) groups is 1. The van der Waals surface area contributed by atoms with E-state index in [4.69, 9.17) is 23.2 Å². The molecule has 39 heavy (non-hydrogen) atoms. The average Bonchev–Trinajstić information content (AvgIpc) is 3.35. The fourth-order valence-electron chi connectivity index (χ4n) is 5.42. The predicted octanol–water partition coefficient (Wildman–Crippen LogP) is 5.53. The highest BCUT2D eigenvalue weighted by molar-refractivity contribution is 7.84. The van der Waals surface area contributed by atoms with E-state index in [-0.39, 0.29) is 35.5 Å². The quantitative estimate of drug-likeness (QED) is 0.441. The summed E-state index contributed by atoms with van der Waals surface area (Å²) in [7, 11) is -1.31. The van der Waals surface area contributed by atoms with Gasteiger partial charge in [-0.3, -0.25) is 4.79 Å². The zero-order chi connectivity index (χ0) is 28.5. The lowest BCUT2D eigenvalue weighted by atomic mass is 9.87. The molecule has 2 heterocycles. The molecule has 0 aliphatic carbocycles. The van der Waals surface area contributed by atoms with Crippen molar-refractivity contribution in [1.82, 2.24) is 14.9 Å². The number of rotatable bonds is 7. The smallest absolute Gasteiger partial charge is 0.227 e. The van der Waals surface area contributed by atoms with Gasteiger partial charge in [0.25, 0.3) is 0 Å². The Labute approximate surface area is 244 Å². The zero-order valence-electron chi connectivity index (χ0n) is 23.3. The minimum Gasteiger partial charge on any atom is -0.365 e. The number of hydrogen-bond acceptors (Lipinski definition) is 4. The molecule has 2 aliphatic heterocycles. The number of carbonyl (C=O) groups excluding carboxylic acids is 1. The summed E-state index contributed by atoms with van der Waals surface area (Å²) < 4.78 is 31.2. The van der Waals surface area contributed by atoms with E-state index in [1.165, 1.54) is 6.07 Å². The van der Waals surface area contributed by atoms with E-state index in [0.29, 0.717) is 55.0 Å². The number of halogens is 3. The Morgan fingerprint density at radius 3 is 2.41 bits per heavy atom. The zero-order valence-corrected chi connectivity index (χ0v) is 25.6. The molecule has 2 N–H and O–H groups in total. The van der Waals surface area contributed by atoms with Crippen LogP contribution in [0.15, 0.2) is 36.4 Å². The van der Waals surface area contributed by atoms with Crippen LogP contribution in [0.1, 0.15) is 57.7 Å².